The summed E-state index contributed by atoms with van der Waals surface area (Å²) in [7, 11) is -3.64. The zero-order valence-corrected chi connectivity index (χ0v) is 12.6. The van der Waals surface area contributed by atoms with E-state index in [-0.39, 0.29) is 18.2 Å². The van der Waals surface area contributed by atoms with Crippen molar-refractivity contribution in [2.45, 2.75) is 32.2 Å². The van der Waals surface area contributed by atoms with Gasteiger partial charge in [0, 0.05) is 0 Å². The monoisotopic (exact) mass is 303 g/mol. The van der Waals surface area contributed by atoms with Crippen LogP contribution in [0.4, 0.5) is 0 Å². The van der Waals surface area contributed by atoms with E-state index in [9.17, 15) is 18.0 Å². The smallest absolute Gasteiger partial charge is 0.247 e. The molecular weight excluding hydrogens is 282 g/mol. The molecule has 0 saturated carbocycles. The number of carbonyl (C=O) groups excluding carboxylic acids is 2. The number of rotatable bonds is 3. The van der Waals surface area contributed by atoms with Gasteiger partial charge in [-0.15, -0.1) is 0 Å². The van der Waals surface area contributed by atoms with Crippen molar-refractivity contribution >= 4 is 21.8 Å². The van der Waals surface area contributed by atoms with E-state index in [1.165, 1.54) is 13.8 Å². The highest BCUT2D eigenvalue weighted by atomic mass is 32.2. The van der Waals surface area contributed by atoms with Crippen LogP contribution in [0, 0.1) is 5.92 Å². The average molecular weight is 303 g/mol. The highest BCUT2D eigenvalue weighted by molar-refractivity contribution is 7.89. The van der Waals surface area contributed by atoms with Crippen molar-refractivity contribution in [1.29, 1.82) is 0 Å². The van der Waals surface area contributed by atoms with Crippen LogP contribution in [-0.4, -0.2) is 55.5 Å². The number of sulfonamides is 1. The Labute approximate surface area is 119 Å². The molecule has 0 radical (unpaired) electrons. The lowest BCUT2D eigenvalue weighted by Crippen LogP contribution is -2.66. The minimum Gasteiger partial charge on any atom is -0.316 e. The molecule has 114 valence electrons. The van der Waals surface area contributed by atoms with Gasteiger partial charge in [-0.1, -0.05) is 0 Å². The van der Waals surface area contributed by atoms with E-state index in [2.05, 4.69) is 10.6 Å². The number of hydrogen-bond donors (Lipinski definition) is 2. The maximum Gasteiger partial charge on any atom is 0.247 e. The zero-order valence-electron chi connectivity index (χ0n) is 11.8. The molecule has 2 N–H and O–H groups in total. The standard InChI is InChI=1S/C12H21N3O4S/c1-12(2)11(17)14-10(16)7-15(12)20(18,19)8-9-4-3-5-13-6-9/h9,13H,3-8H2,1-2H3,(H,14,16,17). The largest absolute Gasteiger partial charge is 0.316 e. The van der Waals surface area contributed by atoms with Crippen molar-refractivity contribution in [3.05, 3.63) is 0 Å². The van der Waals surface area contributed by atoms with Gasteiger partial charge in [0.1, 0.15) is 5.54 Å². The maximum absolute atomic E-state index is 12.5. The first kappa shape index (κ1) is 15.4. The molecule has 2 rings (SSSR count). The number of imide groups is 1. The van der Waals surface area contributed by atoms with E-state index < -0.39 is 27.4 Å². The van der Waals surface area contributed by atoms with Gasteiger partial charge < -0.3 is 5.32 Å². The third kappa shape index (κ3) is 3.02. The molecule has 0 spiro atoms. The third-order valence-electron chi connectivity index (χ3n) is 3.90. The van der Waals surface area contributed by atoms with Gasteiger partial charge in [-0.3, -0.25) is 14.9 Å². The van der Waals surface area contributed by atoms with Crippen LogP contribution in [0.25, 0.3) is 0 Å². The Morgan fingerprint density at radius 3 is 2.65 bits per heavy atom. The van der Waals surface area contributed by atoms with E-state index in [0.717, 1.165) is 23.7 Å². The van der Waals surface area contributed by atoms with Gasteiger partial charge in [-0.2, -0.15) is 4.31 Å². The number of hydrogen-bond acceptors (Lipinski definition) is 5. The lowest BCUT2D eigenvalue weighted by molar-refractivity contribution is -0.141. The van der Waals surface area contributed by atoms with Gasteiger partial charge in [0.2, 0.25) is 21.8 Å². The van der Waals surface area contributed by atoms with E-state index in [1.807, 2.05) is 0 Å². The van der Waals surface area contributed by atoms with Gasteiger partial charge in [-0.05, 0) is 45.7 Å². The van der Waals surface area contributed by atoms with Gasteiger partial charge in [0.15, 0.2) is 0 Å². The van der Waals surface area contributed by atoms with E-state index >= 15 is 0 Å². The van der Waals surface area contributed by atoms with Crippen LogP contribution in [-0.2, 0) is 19.6 Å². The summed E-state index contributed by atoms with van der Waals surface area (Å²) in [5.41, 5.74) is -1.23. The summed E-state index contributed by atoms with van der Waals surface area (Å²) in [5.74, 6) is -1.13. The topological polar surface area (TPSA) is 95.6 Å². The van der Waals surface area contributed by atoms with Gasteiger partial charge >= 0.3 is 0 Å². The molecule has 0 aliphatic carbocycles. The Balaban J connectivity index is 2.18. The second-order valence-electron chi connectivity index (χ2n) is 5.93. The van der Waals surface area contributed by atoms with Crippen molar-refractivity contribution < 1.29 is 18.0 Å². The predicted molar refractivity (Wildman–Crippen MR) is 73.3 cm³/mol. The molecule has 0 bridgehead atoms. The van der Waals surface area contributed by atoms with Crippen LogP contribution in [0.3, 0.4) is 0 Å². The zero-order chi connectivity index (χ0) is 15.0. The fourth-order valence-corrected chi connectivity index (χ4v) is 4.81. The Kier molecular flexibility index (Phi) is 4.17. The summed E-state index contributed by atoms with van der Waals surface area (Å²) < 4.78 is 26.1. The Morgan fingerprint density at radius 1 is 1.35 bits per heavy atom. The molecule has 2 amide bonds. The lowest BCUT2D eigenvalue weighted by Gasteiger charge is -2.39. The molecule has 1 atom stereocenters. The number of amides is 2. The van der Waals surface area contributed by atoms with E-state index in [1.54, 1.807) is 0 Å². The van der Waals surface area contributed by atoms with Crippen molar-refractivity contribution in [2.75, 3.05) is 25.4 Å². The predicted octanol–water partition coefficient (Wildman–Crippen LogP) is -0.947. The van der Waals surface area contributed by atoms with Gasteiger partial charge in [0.25, 0.3) is 0 Å². The molecule has 8 heteroatoms. The fourth-order valence-electron chi connectivity index (χ4n) is 2.66. The number of nitrogens with zero attached hydrogens (tertiary/aromatic N) is 1. The van der Waals surface area contributed by atoms with Crippen molar-refractivity contribution in [1.82, 2.24) is 14.9 Å². The van der Waals surface area contributed by atoms with Crippen molar-refractivity contribution in [2.24, 2.45) is 5.92 Å². The molecule has 20 heavy (non-hydrogen) atoms. The number of piperidine rings is 1. The summed E-state index contributed by atoms with van der Waals surface area (Å²) in [6.07, 6.45) is 1.80. The summed E-state index contributed by atoms with van der Waals surface area (Å²) in [6, 6.07) is 0. The highest BCUT2D eigenvalue weighted by Crippen LogP contribution is 2.24. The summed E-state index contributed by atoms with van der Waals surface area (Å²) in [4.78, 5) is 23.3. The minimum absolute atomic E-state index is 0.0238. The van der Waals surface area contributed by atoms with Crippen LogP contribution in [0.5, 0.6) is 0 Å². The molecule has 1 unspecified atom stereocenters. The molecule has 0 aromatic heterocycles. The molecule has 2 saturated heterocycles. The number of piperazine rings is 1. The van der Waals surface area contributed by atoms with Crippen molar-refractivity contribution in [3.8, 4) is 0 Å². The fraction of sp³-hybridized carbons (Fsp3) is 0.833. The second kappa shape index (κ2) is 5.42. The van der Waals surface area contributed by atoms with Crippen LogP contribution >= 0.6 is 0 Å². The normalized spacial score (nSPS) is 28.2. The Morgan fingerprint density at radius 2 is 2.05 bits per heavy atom. The molecule has 2 aliphatic heterocycles. The molecule has 7 nitrogen and oxygen atoms in total. The van der Waals surface area contributed by atoms with Crippen molar-refractivity contribution in [3.63, 3.8) is 0 Å². The van der Waals surface area contributed by atoms with Crippen LogP contribution in [0.15, 0.2) is 0 Å². The van der Waals surface area contributed by atoms with Crippen LogP contribution in [0.1, 0.15) is 26.7 Å². The van der Waals surface area contributed by atoms with Crippen LogP contribution < -0.4 is 10.6 Å². The molecule has 2 fully saturated rings. The molecule has 0 aromatic rings. The number of carbonyl (C=O) groups is 2. The second-order valence-corrected chi connectivity index (χ2v) is 7.87. The molecule has 2 aliphatic rings. The summed E-state index contributed by atoms with van der Waals surface area (Å²) in [5, 5.41) is 5.35. The first-order valence-electron chi connectivity index (χ1n) is 6.79. The Bertz CT molecular complexity index is 509. The minimum atomic E-state index is -3.64. The maximum atomic E-state index is 12.5. The highest BCUT2D eigenvalue weighted by Gasteiger charge is 2.47. The molecule has 2 heterocycles. The molecule has 0 aromatic carbocycles. The quantitative estimate of drug-likeness (QED) is 0.656. The third-order valence-corrected chi connectivity index (χ3v) is 6.05. The first-order chi connectivity index (χ1) is 9.23. The SMILES string of the molecule is CC1(C)C(=O)NC(=O)CN1S(=O)(=O)CC1CCCNC1. The first-order valence-corrected chi connectivity index (χ1v) is 8.40. The van der Waals surface area contributed by atoms with E-state index in [4.69, 9.17) is 0 Å². The Hall–Kier alpha value is -0.990. The lowest BCUT2D eigenvalue weighted by atomic mass is 10.0. The average Bonchev–Trinajstić information content (AvgIpc) is 2.34. The number of nitrogens with one attached hydrogen (secondary N) is 2. The van der Waals surface area contributed by atoms with Gasteiger partial charge in [-0.25, -0.2) is 8.42 Å². The van der Waals surface area contributed by atoms with Gasteiger partial charge in [0.05, 0.1) is 12.3 Å². The summed E-state index contributed by atoms with van der Waals surface area (Å²) >= 11 is 0. The van der Waals surface area contributed by atoms with E-state index in [0.29, 0.717) is 6.54 Å². The summed E-state index contributed by atoms with van der Waals surface area (Å²) in [6.45, 7) is 4.32. The molecular formula is C12H21N3O4S. The van der Waals surface area contributed by atoms with Crippen LogP contribution in [0.2, 0.25) is 0 Å².